The fraction of sp³-hybridized carbons (Fsp3) is 0.250. The number of nitrogens with one attached hydrogen (secondary N) is 1. The van der Waals surface area contributed by atoms with Crippen LogP contribution in [0.1, 0.15) is 13.3 Å². The number of halogens is 2. The quantitative estimate of drug-likeness (QED) is 0.922. The minimum atomic E-state index is -0.254. The molecule has 1 N–H and O–H groups in total. The summed E-state index contributed by atoms with van der Waals surface area (Å²) in [5.74, 6) is 0.567. The highest BCUT2D eigenvalue weighted by Gasteiger charge is 2.04. The van der Waals surface area contributed by atoms with E-state index in [9.17, 15) is 4.39 Å². The van der Waals surface area contributed by atoms with Gasteiger partial charge in [0.1, 0.15) is 11.6 Å². The zero-order valence-corrected chi connectivity index (χ0v) is 10.5. The van der Waals surface area contributed by atoms with Gasteiger partial charge >= 0.3 is 0 Å². The van der Waals surface area contributed by atoms with E-state index in [1.807, 2.05) is 12.1 Å². The number of benzene rings is 1. The maximum atomic E-state index is 13.1. The van der Waals surface area contributed by atoms with Gasteiger partial charge < -0.3 is 5.32 Å². The Morgan fingerprint density at radius 2 is 2.19 bits per heavy atom. The molecule has 4 heteroatoms. The SMILES string of the molecule is CCCNc1ccc2cc(F)cc(Br)c2n1. The van der Waals surface area contributed by atoms with Crippen LogP contribution in [0.5, 0.6) is 0 Å². The molecule has 0 saturated heterocycles. The highest BCUT2D eigenvalue weighted by atomic mass is 79.9. The monoisotopic (exact) mass is 282 g/mol. The van der Waals surface area contributed by atoms with Crippen molar-refractivity contribution in [2.45, 2.75) is 13.3 Å². The molecule has 16 heavy (non-hydrogen) atoms. The summed E-state index contributed by atoms with van der Waals surface area (Å²) in [6.45, 7) is 2.98. The second kappa shape index (κ2) is 4.78. The van der Waals surface area contributed by atoms with Crippen LogP contribution in [0.4, 0.5) is 10.2 Å². The summed E-state index contributed by atoms with van der Waals surface area (Å²) >= 11 is 3.32. The van der Waals surface area contributed by atoms with E-state index >= 15 is 0 Å². The summed E-state index contributed by atoms with van der Waals surface area (Å²) in [7, 11) is 0. The van der Waals surface area contributed by atoms with E-state index in [1.54, 1.807) is 0 Å². The van der Waals surface area contributed by atoms with Crippen molar-refractivity contribution in [2.75, 3.05) is 11.9 Å². The van der Waals surface area contributed by atoms with Gasteiger partial charge in [0, 0.05) is 16.4 Å². The maximum Gasteiger partial charge on any atom is 0.126 e. The number of nitrogens with zero attached hydrogens (tertiary/aromatic N) is 1. The molecule has 0 radical (unpaired) electrons. The number of hydrogen-bond acceptors (Lipinski definition) is 2. The first-order chi connectivity index (χ1) is 7.70. The molecule has 2 aromatic rings. The van der Waals surface area contributed by atoms with E-state index in [-0.39, 0.29) is 5.82 Å². The Kier molecular flexibility index (Phi) is 3.39. The van der Waals surface area contributed by atoms with Crippen LogP contribution < -0.4 is 5.32 Å². The molecule has 0 aliphatic carbocycles. The standard InChI is InChI=1S/C12H12BrFN2/c1-2-5-15-11-4-3-8-6-9(14)7-10(13)12(8)16-11/h3-4,6-7H,2,5H2,1H3,(H,15,16). The van der Waals surface area contributed by atoms with Crippen LogP contribution in [-0.4, -0.2) is 11.5 Å². The lowest BCUT2D eigenvalue weighted by Gasteiger charge is -2.06. The topological polar surface area (TPSA) is 24.9 Å². The van der Waals surface area contributed by atoms with E-state index in [0.29, 0.717) is 4.47 Å². The van der Waals surface area contributed by atoms with E-state index in [2.05, 4.69) is 33.2 Å². The summed E-state index contributed by atoms with van der Waals surface area (Å²) in [4.78, 5) is 4.43. The first-order valence-corrected chi connectivity index (χ1v) is 5.99. The molecular weight excluding hydrogens is 271 g/mol. The van der Waals surface area contributed by atoms with Crippen LogP contribution in [0.15, 0.2) is 28.7 Å². The van der Waals surface area contributed by atoms with Gasteiger partial charge in [0.2, 0.25) is 0 Å². The van der Waals surface area contributed by atoms with Gasteiger partial charge in [0.25, 0.3) is 0 Å². The summed E-state index contributed by atoms with van der Waals surface area (Å²) < 4.78 is 13.8. The summed E-state index contributed by atoms with van der Waals surface area (Å²) in [5.41, 5.74) is 0.780. The molecule has 0 spiro atoms. The van der Waals surface area contributed by atoms with Gasteiger partial charge in [0.15, 0.2) is 0 Å². The van der Waals surface area contributed by atoms with Crippen molar-refractivity contribution in [3.05, 3.63) is 34.6 Å². The molecular formula is C12H12BrFN2. The molecule has 2 rings (SSSR count). The van der Waals surface area contributed by atoms with E-state index < -0.39 is 0 Å². The van der Waals surface area contributed by atoms with Crippen LogP contribution in [0.3, 0.4) is 0 Å². The zero-order chi connectivity index (χ0) is 11.5. The molecule has 1 aromatic carbocycles. The summed E-state index contributed by atoms with van der Waals surface area (Å²) in [5, 5.41) is 4.00. The van der Waals surface area contributed by atoms with Crippen molar-refractivity contribution in [1.82, 2.24) is 4.98 Å². The van der Waals surface area contributed by atoms with Crippen LogP contribution in [0.25, 0.3) is 10.9 Å². The molecule has 84 valence electrons. The summed E-state index contributed by atoms with van der Waals surface area (Å²) in [6, 6.07) is 6.65. The third-order valence-electron chi connectivity index (χ3n) is 2.27. The Morgan fingerprint density at radius 1 is 1.38 bits per heavy atom. The van der Waals surface area contributed by atoms with Crippen LogP contribution >= 0.6 is 15.9 Å². The lowest BCUT2D eigenvalue weighted by atomic mass is 10.2. The van der Waals surface area contributed by atoms with E-state index in [4.69, 9.17) is 0 Å². The predicted octanol–water partition coefficient (Wildman–Crippen LogP) is 3.96. The largest absolute Gasteiger partial charge is 0.370 e. The summed E-state index contributed by atoms with van der Waals surface area (Å²) in [6.07, 6.45) is 1.05. The molecule has 1 aromatic heterocycles. The van der Waals surface area contributed by atoms with Crippen molar-refractivity contribution in [2.24, 2.45) is 0 Å². The van der Waals surface area contributed by atoms with Gasteiger partial charge in [-0.25, -0.2) is 9.37 Å². The molecule has 1 heterocycles. The average molecular weight is 283 g/mol. The second-order valence-electron chi connectivity index (χ2n) is 3.58. The number of hydrogen-bond donors (Lipinski definition) is 1. The molecule has 0 bridgehead atoms. The van der Waals surface area contributed by atoms with Gasteiger partial charge in [-0.15, -0.1) is 0 Å². The zero-order valence-electron chi connectivity index (χ0n) is 8.93. The second-order valence-corrected chi connectivity index (χ2v) is 4.44. The van der Waals surface area contributed by atoms with Crippen LogP contribution in [0.2, 0.25) is 0 Å². The highest BCUT2D eigenvalue weighted by Crippen LogP contribution is 2.25. The Hall–Kier alpha value is -1.16. The molecule has 2 nitrogen and oxygen atoms in total. The van der Waals surface area contributed by atoms with Crippen molar-refractivity contribution in [3.63, 3.8) is 0 Å². The minimum Gasteiger partial charge on any atom is -0.370 e. The number of aromatic nitrogens is 1. The lowest BCUT2D eigenvalue weighted by Crippen LogP contribution is -2.01. The van der Waals surface area contributed by atoms with Crippen molar-refractivity contribution >= 4 is 32.7 Å². The molecule has 0 aliphatic rings. The van der Waals surface area contributed by atoms with E-state index in [0.717, 1.165) is 29.7 Å². The average Bonchev–Trinajstić information content (AvgIpc) is 2.26. The van der Waals surface area contributed by atoms with Gasteiger partial charge in [0.05, 0.1) is 5.52 Å². The van der Waals surface area contributed by atoms with Crippen LogP contribution in [-0.2, 0) is 0 Å². The molecule has 0 atom stereocenters. The number of rotatable bonds is 3. The fourth-order valence-corrected chi connectivity index (χ4v) is 2.05. The third-order valence-corrected chi connectivity index (χ3v) is 2.87. The van der Waals surface area contributed by atoms with Crippen LogP contribution in [0, 0.1) is 5.82 Å². The normalized spacial score (nSPS) is 10.7. The lowest BCUT2D eigenvalue weighted by molar-refractivity contribution is 0.629. The third kappa shape index (κ3) is 2.32. The number of pyridine rings is 1. The first-order valence-electron chi connectivity index (χ1n) is 5.20. The Bertz CT molecular complexity index is 514. The Balaban J connectivity index is 2.45. The Morgan fingerprint density at radius 3 is 2.94 bits per heavy atom. The molecule has 0 saturated carbocycles. The molecule has 0 unspecified atom stereocenters. The van der Waals surface area contributed by atoms with Gasteiger partial charge in [-0.2, -0.15) is 0 Å². The molecule has 0 fully saturated rings. The molecule has 0 aliphatic heterocycles. The van der Waals surface area contributed by atoms with Gasteiger partial charge in [-0.3, -0.25) is 0 Å². The van der Waals surface area contributed by atoms with Gasteiger partial charge in [-0.1, -0.05) is 6.92 Å². The van der Waals surface area contributed by atoms with Crippen molar-refractivity contribution in [1.29, 1.82) is 0 Å². The predicted molar refractivity (Wildman–Crippen MR) is 68.2 cm³/mol. The number of anilines is 1. The minimum absolute atomic E-state index is 0.254. The maximum absolute atomic E-state index is 13.1. The molecule has 0 amide bonds. The van der Waals surface area contributed by atoms with Crippen molar-refractivity contribution in [3.8, 4) is 0 Å². The van der Waals surface area contributed by atoms with Gasteiger partial charge in [-0.05, 0) is 46.6 Å². The Labute approximate surface area is 102 Å². The first kappa shape index (κ1) is 11.3. The fourth-order valence-electron chi connectivity index (χ4n) is 1.51. The van der Waals surface area contributed by atoms with Crippen molar-refractivity contribution < 1.29 is 4.39 Å². The van der Waals surface area contributed by atoms with E-state index in [1.165, 1.54) is 12.1 Å². The highest BCUT2D eigenvalue weighted by molar-refractivity contribution is 9.10. The number of fused-ring (bicyclic) bond motifs is 1. The smallest absolute Gasteiger partial charge is 0.126 e.